The zero-order chi connectivity index (χ0) is 24.0. The summed E-state index contributed by atoms with van der Waals surface area (Å²) in [5, 5.41) is 8.30. The van der Waals surface area contributed by atoms with E-state index in [9.17, 15) is 18.0 Å². The van der Waals surface area contributed by atoms with Gasteiger partial charge in [-0.15, -0.1) is 4.80 Å². The number of carbonyl (C=O) groups is 1. The second kappa shape index (κ2) is 8.37. The highest BCUT2D eigenvalue weighted by Gasteiger charge is 2.51. The fourth-order valence-corrected chi connectivity index (χ4v) is 4.81. The lowest BCUT2D eigenvalue weighted by molar-refractivity contribution is -0.137. The molecule has 2 saturated heterocycles. The molecule has 1 saturated carbocycles. The lowest BCUT2D eigenvalue weighted by Crippen LogP contribution is -2.64. The number of hydrogen-bond acceptors (Lipinski definition) is 6. The Hall–Kier alpha value is -3.50. The van der Waals surface area contributed by atoms with Crippen molar-refractivity contribution in [1.29, 1.82) is 0 Å². The van der Waals surface area contributed by atoms with Crippen LogP contribution < -0.4 is 4.74 Å². The van der Waals surface area contributed by atoms with Crippen LogP contribution in [-0.2, 0) is 6.18 Å². The maximum Gasteiger partial charge on any atom is 0.417 e. The maximum atomic E-state index is 13.8. The third-order valence-electron chi connectivity index (χ3n) is 6.80. The minimum atomic E-state index is -4.46. The summed E-state index contributed by atoms with van der Waals surface area (Å²) in [5.41, 5.74) is 0.594. The van der Waals surface area contributed by atoms with Crippen molar-refractivity contribution in [2.24, 2.45) is 11.8 Å². The van der Waals surface area contributed by atoms with Gasteiger partial charge in [0.05, 0.1) is 24.0 Å². The number of amides is 1. The van der Waals surface area contributed by atoms with E-state index in [2.05, 4.69) is 27.1 Å². The molecule has 1 unspecified atom stereocenters. The summed E-state index contributed by atoms with van der Waals surface area (Å²) in [6.07, 6.45) is 1.16. The smallest absolute Gasteiger partial charge is 0.417 e. The second-order valence-corrected chi connectivity index (χ2v) is 8.86. The SMILES string of the molecule is Cc1ccc(-n2nccn2)c(C(=O)N2C3CC(C3)[C@@H](C)C2COc2ccc(C(F)(F)F)cn2)n1. The van der Waals surface area contributed by atoms with Gasteiger partial charge < -0.3 is 9.64 Å². The average Bonchev–Trinajstić information content (AvgIpc) is 3.31. The van der Waals surface area contributed by atoms with Crippen LogP contribution in [0.25, 0.3) is 5.69 Å². The molecule has 3 aromatic rings. The summed E-state index contributed by atoms with van der Waals surface area (Å²) in [6, 6.07) is 5.49. The van der Waals surface area contributed by atoms with Crippen LogP contribution >= 0.6 is 0 Å². The van der Waals surface area contributed by atoms with Gasteiger partial charge in [0.2, 0.25) is 5.88 Å². The highest BCUT2D eigenvalue weighted by Crippen LogP contribution is 2.47. The predicted molar refractivity (Wildman–Crippen MR) is 114 cm³/mol. The number of piperidine rings is 2. The summed E-state index contributed by atoms with van der Waals surface area (Å²) in [4.78, 5) is 25.3. The minimum absolute atomic E-state index is 0.0589. The van der Waals surface area contributed by atoms with E-state index in [0.29, 0.717) is 17.3 Å². The topological polar surface area (TPSA) is 86.0 Å². The van der Waals surface area contributed by atoms with Gasteiger partial charge in [-0.25, -0.2) is 9.97 Å². The fraction of sp³-hybridized carbons (Fsp3) is 0.435. The highest BCUT2D eigenvalue weighted by atomic mass is 19.4. The molecule has 0 N–H and O–H groups in total. The molecule has 2 atom stereocenters. The van der Waals surface area contributed by atoms with E-state index in [-0.39, 0.29) is 42.1 Å². The number of aryl methyl sites for hydroxylation is 1. The molecule has 8 nitrogen and oxygen atoms in total. The van der Waals surface area contributed by atoms with E-state index in [1.54, 1.807) is 12.1 Å². The molecule has 0 aromatic carbocycles. The Morgan fingerprint density at radius 2 is 1.88 bits per heavy atom. The first-order valence-electron chi connectivity index (χ1n) is 11.1. The summed E-state index contributed by atoms with van der Waals surface area (Å²) in [5.74, 6) is 0.474. The van der Waals surface area contributed by atoms with Gasteiger partial charge >= 0.3 is 6.18 Å². The molecule has 3 fully saturated rings. The van der Waals surface area contributed by atoms with Crippen molar-refractivity contribution >= 4 is 5.91 Å². The van der Waals surface area contributed by atoms with Crippen molar-refractivity contribution in [3.05, 3.63) is 59.8 Å². The number of nitrogens with zero attached hydrogens (tertiary/aromatic N) is 6. The van der Waals surface area contributed by atoms with Crippen LogP contribution in [0.2, 0.25) is 0 Å². The molecule has 1 aliphatic carbocycles. The Labute approximate surface area is 193 Å². The molecule has 2 bridgehead atoms. The number of carbonyl (C=O) groups excluding carboxylic acids is 1. The maximum absolute atomic E-state index is 13.8. The number of fused-ring (bicyclic) bond motifs is 2. The summed E-state index contributed by atoms with van der Waals surface area (Å²) in [7, 11) is 0. The Bertz CT molecular complexity index is 1180. The van der Waals surface area contributed by atoms with Crippen LogP contribution in [-0.4, -0.2) is 54.5 Å². The molecule has 2 aliphatic heterocycles. The minimum Gasteiger partial charge on any atom is -0.475 e. The van der Waals surface area contributed by atoms with Crippen LogP contribution in [0.4, 0.5) is 13.2 Å². The molecule has 0 spiro atoms. The highest BCUT2D eigenvalue weighted by molar-refractivity contribution is 5.96. The monoisotopic (exact) mass is 472 g/mol. The predicted octanol–water partition coefficient (Wildman–Crippen LogP) is 3.70. The summed E-state index contributed by atoms with van der Waals surface area (Å²) in [6.45, 7) is 4.01. The number of alkyl halides is 3. The Morgan fingerprint density at radius 3 is 2.53 bits per heavy atom. The van der Waals surface area contributed by atoms with Crippen molar-refractivity contribution < 1.29 is 22.7 Å². The van der Waals surface area contributed by atoms with Gasteiger partial charge in [-0.1, -0.05) is 6.92 Å². The molecule has 34 heavy (non-hydrogen) atoms. The van der Waals surface area contributed by atoms with Gasteiger partial charge in [0.1, 0.15) is 12.3 Å². The van der Waals surface area contributed by atoms with Crippen molar-refractivity contribution in [3.63, 3.8) is 0 Å². The van der Waals surface area contributed by atoms with Gasteiger partial charge in [0.25, 0.3) is 5.91 Å². The molecule has 11 heteroatoms. The van der Waals surface area contributed by atoms with Gasteiger partial charge in [-0.05, 0) is 49.8 Å². The van der Waals surface area contributed by atoms with E-state index >= 15 is 0 Å². The molecule has 3 aliphatic rings. The van der Waals surface area contributed by atoms with Crippen LogP contribution in [0.1, 0.15) is 41.5 Å². The average molecular weight is 472 g/mol. The number of rotatable bonds is 5. The van der Waals surface area contributed by atoms with Crippen LogP contribution in [0.5, 0.6) is 5.88 Å². The molecule has 178 valence electrons. The molecule has 6 rings (SSSR count). The normalized spacial score (nSPS) is 24.0. The number of hydrogen-bond donors (Lipinski definition) is 0. The number of halogens is 3. The Kier molecular flexibility index (Phi) is 5.49. The fourth-order valence-electron chi connectivity index (χ4n) is 4.81. The molecule has 5 heterocycles. The van der Waals surface area contributed by atoms with E-state index in [0.717, 1.165) is 25.1 Å². The summed E-state index contributed by atoms with van der Waals surface area (Å²) < 4.78 is 44.2. The number of aromatic nitrogens is 5. The standard InChI is InChI=1S/C23H23F3N6O2/c1-13-3-5-18(32-28-7-8-29-32)21(30-13)22(33)31-17-9-15(10-17)14(2)19(31)12-34-20-6-4-16(11-27-20)23(24,25)26/h3-8,11,14-15,17,19H,9-10,12H2,1-2H3/t14-,15?,17?,19?/m1/s1. The van der Waals surface area contributed by atoms with E-state index in [1.807, 2.05) is 11.8 Å². The van der Waals surface area contributed by atoms with E-state index in [1.165, 1.54) is 23.3 Å². The van der Waals surface area contributed by atoms with Gasteiger partial charge in [-0.2, -0.15) is 23.4 Å². The lowest BCUT2D eigenvalue weighted by atomic mass is 9.64. The Morgan fingerprint density at radius 1 is 1.15 bits per heavy atom. The molecule has 1 amide bonds. The van der Waals surface area contributed by atoms with E-state index in [4.69, 9.17) is 4.74 Å². The Balaban J connectivity index is 1.40. The van der Waals surface area contributed by atoms with Crippen molar-refractivity contribution in [2.75, 3.05) is 6.61 Å². The zero-order valence-corrected chi connectivity index (χ0v) is 18.6. The lowest BCUT2D eigenvalue weighted by Gasteiger charge is -2.57. The molecular formula is C23H23F3N6O2. The van der Waals surface area contributed by atoms with Gasteiger partial charge in [-0.3, -0.25) is 4.79 Å². The zero-order valence-electron chi connectivity index (χ0n) is 18.6. The third kappa shape index (κ3) is 3.99. The van der Waals surface area contributed by atoms with Crippen molar-refractivity contribution in [1.82, 2.24) is 29.9 Å². The first-order chi connectivity index (χ1) is 16.2. The van der Waals surface area contributed by atoms with E-state index < -0.39 is 11.7 Å². The van der Waals surface area contributed by atoms with Gasteiger partial charge in [0, 0.05) is 24.0 Å². The van der Waals surface area contributed by atoms with Gasteiger partial charge in [0.15, 0.2) is 5.69 Å². The largest absolute Gasteiger partial charge is 0.475 e. The van der Waals surface area contributed by atoms with Crippen LogP contribution in [0.15, 0.2) is 42.9 Å². The molecule has 3 aromatic heterocycles. The first kappa shape index (κ1) is 22.3. The second-order valence-electron chi connectivity index (χ2n) is 8.86. The third-order valence-corrected chi connectivity index (χ3v) is 6.80. The van der Waals surface area contributed by atoms with Crippen molar-refractivity contribution in [2.45, 2.75) is 44.9 Å². The quantitative estimate of drug-likeness (QED) is 0.563. The van der Waals surface area contributed by atoms with Crippen molar-refractivity contribution in [3.8, 4) is 11.6 Å². The van der Waals surface area contributed by atoms with Crippen LogP contribution in [0.3, 0.4) is 0 Å². The first-order valence-corrected chi connectivity index (χ1v) is 11.1. The van der Waals surface area contributed by atoms with Crippen LogP contribution in [0, 0.1) is 18.8 Å². The number of ether oxygens (including phenoxy) is 1. The number of pyridine rings is 2. The molecular weight excluding hydrogens is 449 g/mol. The summed E-state index contributed by atoms with van der Waals surface area (Å²) >= 11 is 0. The molecule has 0 radical (unpaired) electrons.